The van der Waals surface area contributed by atoms with Gasteiger partial charge in [-0.1, -0.05) is 18.2 Å². The van der Waals surface area contributed by atoms with Crippen LogP contribution >= 0.6 is 0 Å². The lowest BCUT2D eigenvalue weighted by Gasteiger charge is -2.19. The van der Waals surface area contributed by atoms with E-state index >= 15 is 0 Å². The van der Waals surface area contributed by atoms with E-state index in [1.165, 1.54) is 0 Å². The van der Waals surface area contributed by atoms with Gasteiger partial charge in [-0.3, -0.25) is 4.98 Å². The van der Waals surface area contributed by atoms with Crippen molar-refractivity contribution in [2.24, 2.45) is 0 Å². The van der Waals surface area contributed by atoms with Gasteiger partial charge in [0.15, 0.2) is 11.5 Å². The molecular formula is C22H22N4O2. The first-order valence-electron chi connectivity index (χ1n) is 9.11. The molecule has 4 aromatic rings. The second-order valence-corrected chi connectivity index (χ2v) is 6.63. The van der Waals surface area contributed by atoms with Crippen LogP contribution in [0.2, 0.25) is 0 Å². The first-order chi connectivity index (χ1) is 13.6. The predicted octanol–water partition coefficient (Wildman–Crippen LogP) is 4.68. The molecule has 2 aromatic heterocycles. The number of benzene rings is 2. The van der Waals surface area contributed by atoms with Crippen LogP contribution in [0.3, 0.4) is 0 Å². The third kappa shape index (κ3) is 3.17. The van der Waals surface area contributed by atoms with Gasteiger partial charge in [0.05, 0.1) is 31.3 Å². The Labute approximate surface area is 163 Å². The van der Waals surface area contributed by atoms with Crippen LogP contribution in [-0.4, -0.2) is 29.2 Å². The second kappa shape index (κ2) is 7.31. The lowest BCUT2D eigenvalue weighted by Crippen LogP contribution is -2.10. The Morgan fingerprint density at radius 1 is 0.893 bits per heavy atom. The SMILES string of the molecule is COc1cc2nc(C)nc(NC(C)c3cccc4ncccc34)c2cc1OC. The Kier molecular flexibility index (Phi) is 4.69. The highest BCUT2D eigenvalue weighted by molar-refractivity contribution is 5.92. The molecule has 0 saturated heterocycles. The fourth-order valence-corrected chi connectivity index (χ4v) is 3.47. The number of rotatable bonds is 5. The van der Waals surface area contributed by atoms with Gasteiger partial charge in [-0.25, -0.2) is 9.97 Å². The molecule has 1 N–H and O–H groups in total. The van der Waals surface area contributed by atoms with Crippen LogP contribution in [0.15, 0.2) is 48.7 Å². The average Bonchev–Trinajstić information content (AvgIpc) is 2.72. The van der Waals surface area contributed by atoms with Gasteiger partial charge < -0.3 is 14.8 Å². The molecule has 0 saturated carbocycles. The van der Waals surface area contributed by atoms with Crippen LogP contribution in [0.5, 0.6) is 11.5 Å². The highest BCUT2D eigenvalue weighted by atomic mass is 16.5. The van der Waals surface area contributed by atoms with Gasteiger partial charge >= 0.3 is 0 Å². The molecule has 1 unspecified atom stereocenters. The van der Waals surface area contributed by atoms with Gasteiger partial charge in [-0.2, -0.15) is 0 Å². The van der Waals surface area contributed by atoms with E-state index in [0.29, 0.717) is 17.3 Å². The summed E-state index contributed by atoms with van der Waals surface area (Å²) in [7, 11) is 3.24. The maximum Gasteiger partial charge on any atom is 0.162 e. The number of fused-ring (bicyclic) bond motifs is 2. The summed E-state index contributed by atoms with van der Waals surface area (Å²) in [6.07, 6.45) is 1.81. The summed E-state index contributed by atoms with van der Waals surface area (Å²) >= 11 is 0. The fourth-order valence-electron chi connectivity index (χ4n) is 3.47. The van der Waals surface area contributed by atoms with Gasteiger partial charge in [-0.05, 0) is 37.6 Å². The number of anilines is 1. The predicted molar refractivity (Wildman–Crippen MR) is 111 cm³/mol. The van der Waals surface area contributed by atoms with E-state index in [1.54, 1.807) is 14.2 Å². The summed E-state index contributed by atoms with van der Waals surface area (Å²) in [5.41, 5.74) is 2.94. The summed E-state index contributed by atoms with van der Waals surface area (Å²) < 4.78 is 10.9. The van der Waals surface area contributed by atoms with E-state index in [4.69, 9.17) is 9.47 Å². The molecule has 6 heteroatoms. The molecule has 4 rings (SSSR count). The molecule has 2 heterocycles. The minimum absolute atomic E-state index is 0.0264. The van der Waals surface area contributed by atoms with Crippen molar-refractivity contribution in [1.82, 2.24) is 15.0 Å². The van der Waals surface area contributed by atoms with Crippen LogP contribution < -0.4 is 14.8 Å². The Hall–Kier alpha value is -3.41. The van der Waals surface area contributed by atoms with Crippen molar-refractivity contribution >= 4 is 27.6 Å². The molecule has 0 amide bonds. The standard InChI is InChI=1S/C22H22N4O2/c1-13(15-7-5-9-18-16(15)8-6-10-23-18)24-22-17-11-20(27-3)21(28-4)12-19(17)25-14(2)26-22/h5-13H,1-4H3,(H,24,25,26). The molecule has 0 spiro atoms. The van der Waals surface area contributed by atoms with Crippen molar-refractivity contribution < 1.29 is 9.47 Å². The lowest BCUT2D eigenvalue weighted by molar-refractivity contribution is 0.356. The smallest absolute Gasteiger partial charge is 0.162 e. The molecule has 0 aliphatic rings. The summed E-state index contributed by atoms with van der Waals surface area (Å²) in [5, 5.41) is 5.55. The number of aryl methyl sites for hydroxylation is 1. The first-order valence-corrected chi connectivity index (χ1v) is 9.11. The van der Waals surface area contributed by atoms with Crippen LogP contribution in [0.4, 0.5) is 5.82 Å². The summed E-state index contributed by atoms with van der Waals surface area (Å²) in [4.78, 5) is 13.7. The number of ether oxygens (including phenoxy) is 2. The topological polar surface area (TPSA) is 69.2 Å². The largest absolute Gasteiger partial charge is 0.493 e. The van der Waals surface area contributed by atoms with Gasteiger partial charge in [0.2, 0.25) is 0 Å². The summed E-state index contributed by atoms with van der Waals surface area (Å²) in [6.45, 7) is 4.00. The van der Waals surface area contributed by atoms with Crippen LogP contribution in [-0.2, 0) is 0 Å². The summed E-state index contributed by atoms with van der Waals surface area (Å²) in [6, 6.07) is 14.0. The Morgan fingerprint density at radius 3 is 2.46 bits per heavy atom. The molecule has 2 aromatic carbocycles. The number of nitrogens with one attached hydrogen (secondary N) is 1. The van der Waals surface area contributed by atoms with E-state index < -0.39 is 0 Å². The number of hydrogen-bond donors (Lipinski definition) is 1. The number of methoxy groups -OCH3 is 2. The molecule has 1 atom stereocenters. The van der Waals surface area contributed by atoms with Crippen molar-refractivity contribution in [3.63, 3.8) is 0 Å². The fraction of sp³-hybridized carbons (Fsp3) is 0.227. The molecule has 0 aliphatic heterocycles. The maximum atomic E-state index is 5.46. The van der Waals surface area contributed by atoms with Crippen LogP contribution in [0.1, 0.15) is 24.4 Å². The van der Waals surface area contributed by atoms with Gasteiger partial charge in [0, 0.05) is 23.0 Å². The number of hydrogen-bond acceptors (Lipinski definition) is 6. The zero-order valence-electron chi connectivity index (χ0n) is 16.4. The van der Waals surface area contributed by atoms with Gasteiger partial charge in [-0.15, -0.1) is 0 Å². The third-order valence-electron chi connectivity index (χ3n) is 4.81. The minimum Gasteiger partial charge on any atom is -0.493 e. The molecule has 0 fully saturated rings. The molecular weight excluding hydrogens is 352 g/mol. The highest BCUT2D eigenvalue weighted by Crippen LogP contribution is 2.35. The van der Waals surface area contributed by atoms with Crippen molar-refractivity contribution in [1.29, 1.82) is 0 Å². The molecule has 28 heavy (non-hydrogen) atoms. The first kappa shape index (κ1) is 18.0. The minimum atomic E-state index is 0.0264. The van der Waals surface area contributed by atoms with Gasteiger partial charge in [0.1, 0.15) is 11.6 Å². The zero-order chi connectivity index (χ0) is 19.7. The number of aromatic nitrogens is 3. The van der Waals surface area contributed by atoms with Gasteiger partial charge in [0.25, 0.3) is 0 Å². The quantitative estimate of drug-likeness (QED) is 0.547. The third-order valence-corrected chi connectivity index (χ3v) is 4.81. The maximum absolute atomic E-state index is 5.46. The Bertz CT molecular complexity index is 1150. The highest BCUT2D eigenvalue weighted by Gasteiger charge is 2.15. The van der Waals surface area contributed by atoms with Crippen molar-refractivity contribution in [3.8, 4) is 11.5 Å². The molecule has 6 nitrogen and oxygen atoms in total. The average molecular weight is 374 g/mol. The van der Waals surface area contributed by atoms with E-state index in [9.17, 15) is 0 Å². The molecule has 142 valence electrons. The molecule has 0 radical (unpaired) electrons. The number of pyridine rings is 1. The second-order valence-electron chi connectivity index (χ2n) is 6.63. The zero-order valence-corrected chi connectivity index (χ0v) is 16.4. The van der Waals surface area contributed by atoms with Crippen LogP contribution in [0.25, 0.3) is 21.8 Å². The molecule has 0 bridgehead atoms. The van der Waals surface area contributed by atoms with Crippen molar-refractivity contribution in [2.75, 3.05) is 19.5 Å². The van der Waals surface area contributed by atoms with E-state index in [0.717, 1.165) is 33.2 Å². The van der Waals surface area contributed by atoms with Crippen molar-refractivity contribution in [2.45, 2.75) is 19.9 Å². The lowest BCUT2D eigenvalue weighted by atomic mass is 10.0. The Balaban J connectivity index is 1.80. The number of nitrogens with zero attached hydrogens (tertiary/aromatic N) is 3. The van der Waals surface area contributed by atoms with Crippen molar-refractivity contribution in [3.05, 3.63) is 60.0 Å². The normalized spacial score (nSPS) is 12.1. The monoisotopic (exact) mass is 374 g/mol. The van der Waals surface area contributed by atoms with E-state index in [1.807, 2.05) is 43.5 Å². The van der Waals surface area contributed by atoms with E-state index in [-0.39, 0.29) is 6.04 Å². The Morgan fingerprint density at radius 2 is 1.68 bits per heavy atom. The van der Waals surface area contributed by atoms with E-state index in [2.05, 4.69) is 39.3 Å². The molecule has 0 aliphatic carbocycles. The van der Waals surface area contributed by atoms with Crippen LogP contribution in [0, 0.1) is 6.92 Å². The summed E-state index contributed by atoms with van der Waals surface area (Å²) in [5.74, 6) is 2.74.